The quantitative estimate of drug-likeness (QED) is 0.145. The van der Waals surface area contributed by atoms with Gasteiger partial charge in [0.15, 0.2) is 17.5 Å². The molecule has 0 bridgehead atoms. The summed E-state index contributed by atoms with van der Waals surface area (Å²) in [4.78, 5) is 15.0. The van der Waals surface area contributed by atoms with Gasteiger partial charge in [0.1, 0.15) is 0 Å². The summed E-state index contributed by atoms with van der Waals surface area (Å²) < 4.78 is 7.24. The average Bonchev–Trinajstić information content (AvgIpc) is 4.40. The molecule has 0 amide bonds. The summed E-state index contributed by atoms with van der Waals surface area (Å²) in [5, 5.41) is 7.28. The van der Waals surface area contributed by atoms with E-state index >= 15 is 0 Å². The number of benzene rings is 12. The summed E-state index contributed by atoms with van der Waals surface area (Å²) in [7, 11) is 0. The van der Waals surface area contributed by atoms with Crippen LogP contribution in [-0.4, -0.2) is 28.7 Å². The highest BCUT2D eigenvalue weighted by atomic mass is 15.0. The molecule has 0 saturated carbocycles. The predicted octanol–water partition coefficient (Wildman–Crippen LogP) is 19.2. The number of aromatic nitrogens is 6. The first-order chi connectivity index (χ1) is 40.2. The van der Waals surface area contributed by atoms with Crippen LogP contribution in [0, 0.1) is 0 Å². The fourth-order valence-electron chi connectivity index (χ4n) is 12.3. The van der Waals surface area contributed by atoms with Crippen molar-refractivity contribution in [3.8, 4) is 84.6 Å². The van der Waals surface area contributed by atoms with Crippen molar-refractivity contribution in [2.45, 2.75) is 0 Å². The summed E-state index contributed by atoms with van der Waals surface area (Å²) >= 11 is 0. The van der Waals surface area contributed by atoms with Crippen LogP contribution in [-0.2, 0) is 0 Å². The van der Waals surface area contributed by atoms with Gasteiger partial charge in [-0.25, -0.2) is 15.0 Å². The summed E-state index contributed by atoms with van der Waals surface area (Å²) in [6.07, 6.45) is 0. The number of fused-ring (bicyclic) bond motifs is 9. The molecule has 0 fully saturated rings. The Morgan fingerprint density at radius 3 is 0.988 bits per heavy atom. The third-order valence-electron chi connectivity index (χ3n) is 16.1. The molecule has 0 unspecified atom stereocenters. The number of hydrogen-bond acceptors (Lipinski definition) is 3. The molecule has 0 N–H and O–H groups in total. The van der Waals surface area contributed by atoms with Gasteiger partial charge < -0.3 is 13.7 Å². The number of para-hydroxylation sites is 5. The SMILES string of the molecule is c1ccc(-c2nc(-c3ccccc3)nc(-c3ccc(-c4ccc(-n5c6ccccc6c6ccccc65)c(-c5ccc6c(c5)c5cc(-c7ccc8c(c7)c7ccccc7n8-c7ccccc7)ccc5n6-c5ccccc5)c4)cc3)n2)cc1. The van der Waals surface area contributed by atoms with Crippen molar-refractivity contribution in [1.29, 1.82) is 0 Å². The second kappa shape index (κ2) is 18.9. The second-order valence-corrected chi connectivity index (χ2v) is 20.8. The Hall–Kier alpha value is -11.0. The molecule has 0 atom stereocenters. The van der Waals surface area contributed by atoms with Gasteiger partial charge in [0, 0.05) is 65.9 Å². The van der Waals surface area contributed by atoms with Crippen molar-refractivity contribution in [2.75, 3.05) is 0 Å². The van der Waals surface area contributed by atoms with Gasteiger partial charge in [-0.2, -0.15) is 0 Å². The van der Waals surface area contributed by atoms with Gasteiger partial charge >= 0.3 is 0 Å². The van der Waals surface area contributed by atoms with Crippen molar-refractivity contribution >= 4 is 65.4 Å². The molecular formula is C75H48N6. The molecule has 0 aliphatic rings. The van der Waals surface area contributed by atoms with Gasteiger partial charge in [0.25, 0.3) is 0 Å². The summed E-state index contributed by atoms with van der Waals surface area (Å²) in [5.74, 6) is 1.90. The first-order valence-electron chi connectivity index (χ1n) is 27.5. The number of rotatable bonds is 9. The first kappa shape index (κ1) is 46.2. The molecule has 6 nitrogen and oxygen atoms in total. The van der Waals surface area contributed by atoms with Crippen molar-refractivity contribution in [3.05, 3.63) is 291 Å². The molecule has 0 spiro atoms. The van der Waals surface area contributed by atoms with Crippen LogP contribution in [0.4, 0.5) is 0 Å². The molecule has 81 heavy (non-hydrogen) atoms. The van der Waals surface area contributed by atoms with Gasteiger partial charge in [-0.3, -0.25) is 0 Å². The van der Waals surface area contributed by atoms with E-state index in [1.54, 1.807) is 0 Å². The Kier molecular flexibility index (Phi) is 10.8. The van der Waals surface area contributed by atoms with Crippen LogP contribution in [0.5, 0.6) is 0 Å². The second-order valence-electron chi connectivity index (χ2n) is 20.8. The minimum absolute atomic E-state index is 0.624. The summed E-state index contributed by atoms with van der Waals surface area (Å²) in [6, 6.07) is 105. The van der Waals surface area contributed by atoms with Crippen LogP contribution in [0.1, 0.15) is 0 Å². The van der Waals surface area contributed by atoms with Crippen LogP contribution in [0.15, 0.2) is 291 Å². The van der Waals surface area contributed by atoms with E-state index in [1.165, 1.54) is 54.5 Å². The lowest BCUT2D eigenvalue weighted by Gasteiger charge is -2.17. The van der Waals surface area contributed by atoms with Crippen molar-refractivity contribution in [2.24, 2.45) is 0 Å². The monoisotopic (exact) mass is 1030 g/mol. The highest BCUT2D eigenvalue weighted by molar-refractivity contribution is 6.14. The van der Waals surface area contributed by atoms with E-state index in [4.69, 9.17) is 15.0 Å². The van der Waals surface area contributed by atoms with Gasteiger partial charge in [0.05, 0.1) is 38.8 Å². The fourth-order valence-corrected chi connectivity index (χ4v) is 12.3. The molecule has 0 aliphatic heterocycles. The van der Waals surface area contributed by atoms with Gasteiger partial charge in [-0.05, 0) is 119 Å². The normalized spacial score (nSPS) is 11.7. The maximum Gasteiger partial charge on any atom is 0.164 e. The highest BCUT2D eigenvalue weighted by Gasteiger charge is 2.21. The maximum atomic E-state index is 5.04. The van der Waals surface area contributed by atoms with Gasteiger partial charge in [0.2, 0.25) is 0 Å². The molecule has 16 aromatic rings. The van der Waals surface area contributed by atoms with Gasteiger partial charge in [-0.15, -0.1) is 0 Å². The Bertz CT molecular complexity index is 4970. The maximum absolute atomic E-state index is 5.04. The van der Waals surface area contributed by atoms with E-state index in [9.17, 15) is 0 Å². The number of nitrogens with zero attached hydrogens (tertiary/aromatic N) is 6. The van der Waals surface area contributed by atoms with Crippen LogP contribution in [0.25, 0.3) is 150 Å². The van der Waals surface area contributed by atoms with Crippen LogP contribution in [0.3, 0.4) is 0 Å². The lowest BCUT2D eigenvalue weighted by molar-refractivity contribution is 1.07. The van der Waals surface area contributed by atoms with Crippen molar-refractivity contribution < 1.29 is 0 Å². The number of hydrogen-bond donors (Lipinski definition) is 0. The smallest absolute Gasteiger partial charge is 0.164 e. The molecule has 4 aromatic heterocycles. The standard InChI is InChI=1S/C75H48N6/c1-5-19-50(20-6-1)73-76-74(51-21-7-2-8-22-51)78-75(77-73)52-35-33-49(34-36-52)53-37-41-69(81-67-31-17-13-27-59(67)60-28-14-18-32-68(60)81)62(45-53)56-40-44-72-65(48-56)64-47-55(39-43-71(64)80(72)58-25-11-4-12-26-58)54-38-42-70-63(46-54)61-29-15-16-30-66(61)79(70)57-23-9-3-10-24-57/h1-48H. The third-order valence-corrected chi connectivity index (χ3v) is 16.1. The largest absolute Gasteiger partial charge is 0.309 e. The fraction of sp³-hybridized carbons (Fsp3) is 0. The molecule has 0 saturated heterocycles. The van der Waals surface area contributed by atoms with E-state index in [-0.39, 0.29) is 0 Å². The van der Waals surface area contributed by atoms with E-state index < -0.39 is 0 Å². The molecule has 0 aliphatic carbocycles. The minimum atomic E-state index is 0.624. The van der Waals surface area contributed by atoms with Crippen LogP contribution in [0.2, 0.25) is 0 Å². The molecule has 16 rings (SSSR count). The van der Waals surface area contributed by atoms with E-state index in [2.05, 4.69) is 244 Å². The van der Waals surface area contributed by atoms with E-state index in [0.29, 0.717) is 17.5 Å². The predicted molar refractivity (Wildman–Crippen MR) is 335 cm³/mol. The highest BCUT2D eigenvalue weighted by Crippen LogP contribution is 2.43. The van der Waals surface area contributed by atoms with E-state index in [0.717, 1.165) is 78.1 Å². The Morgan fingerprint density at radius 1 is 0.198 bits per heavy atom. The Balaban J connectivity index is 0.874. The summed E-state index contributed by atoms with van der Waals surface area (Å²) in [6.45, 7) is 0. The van der Waals surface area contributed by atoms with Crippen LogP contribution >= 0.6 is 0 Å². The average molecular weight is 1030 g/mol. The summed E-state index contributed by atoms with van der Waals surface area (Å²) in [5.41, 5.74) is 20.0. The lowest BCUT2D eigenvalue weighted by Crippen LogP contribution is -2.00. The zero-order valence-corrected chi connectivity index (χ0v) is 43.9. The molecule has 12 aromatic carbocycles. The van der Waals surface area contributed by atoms with Crippen molar-refractivity contribution in [1.82, 2.24) is 28.7 Å². The topological polar surface area (TPSA) is 53.5 Å². The Labute approximate surface area is 467 Å². The van der Waals surface area contributed by atoms with Crippen LogP contribution < -0.4 is 0 Å². The van der Waals surface area contributed by atoms with E-state index in [1.807, 2.05) is 60.7 Å². The van der Waals surface area contributed by atoms with Crippen molar-refractivity contribution in [3.63, 3.8) is 0 Å². The zero-order valence-electron chi connectivity index (χ0n) is 43.9. The molecule has 378 valence electrons. The third kappa shape index (κ3) is 7.76. The first-order valence-corrected chi connectivity index (χ1v) is 27.5. The zero-order chi connectivity index (χ0) is 53.4. The lowest BCUT2D eigenvalue weighted by atomic mass is 9.95. The van der Waals surface area contributed by atoms with Gasteiger partial charge in [-0.1, -0.05) is 200 Å². The molecule has 4 heterocycles. The minimum Gasteiger partial charge on any atom is -0.309 e. The molecule has 6 heteroatoms. The molecular weight excluding hydrogens is 985 g/mol. The Morgan fingerprint density at radius 2 is 0.506 bits per heavy atom. The molecule has 0 radical (unpaired) electrons.